The van der Waals surface area contributed by atoms with Gasteiger partial charge in [0.25, 0.3) is 5.69 Å². The first-order valence-corrected chi connectivity index (χ1v) is 6.77. The van der Waals surface area contributed by atoms with Gasteiger partial charge in [-0.25, -0.2) is 13.1 Å². The zero-order chi connectivity index (χ0) is 13.8. The summed E-state index contributed by atoms with van der Waals surface area (Å²) in [5.74, 6) is 0. The molecule has 7 nitrogen and oxygen atoms in total. The van der Waals surface area contributed by atoms with Gasteiger partial charge >= 0.3 is 0 Å². The molecule has 1 unspecified atom stereocenters. The van der Waals surface area contributed by atoms with Crippen LogP contribution in [-0.4, -0.2) is 31.1 Å². The van der Waals surface area contributed by atoms with Crippen molar-refractivity contribution in [2.24, 2.45) is 0 Å². The van der Waals surface area contributed by atoms with Crippen LogP contribution in [0, 0.1) is 10.1 Å². The minimum atomic E-state index is -3.74. The van der Waals surface area contributed by atoms with Crippen molar-refractivity contribution in [3.05, 3.63) is 34.4 Å². The smallest absolute Gasteiger partial charge is 0.269 e. The number of aliphatic hydroxyl groups is 1. The number of nitrogens with zero attached hydrogens (tertiary/aromatic N) is 1. The van der Waals surface area contributed by atoms with Crippen LogP contribution in [0.1, 0.15) is 13.3 Å². The minimum Gasteiger partial charge on any atom is -0.392 e. The van der Waals surface area contributed by atoms with E-state index in [1.165, 1.54) is 0 Å². The van der Waals surface area contributed by atoms with Crippen LogP contribution < -0.4 is 4.72 Å². The lowest BCUT2D eigenvalue weighted by atomic mass is 10.3. The Kier molecular flexibility index (Phi) is 4.76. The average molecular weight is 274 g/mol. The zero-order valence-corrected chi connectivity index (χ0v) is 10.6. The molecule has 0 bridgehead atoms. The molecule has 18 heavy (non-hydrogen) atoms. The number of hydrogen-bond donors (Lipinski definition) is 2. The Morgan fingerprint density at radius 3 is 2.39 bits per heavy atom. The molecule has 0 radical (unpaired) electrons. The summed E-state index contributed by atoms with van der Waals surface area (Å²) in [5, 5.41) is 19.7. The van der Waals surface area contributed by atoms with Gasteiger partial charge in [-0.3, -0.25) is 10.1 Å². The maximum Gasteiger partial charge on any atom is 0.269 e. The Hall–Kier alpha value is -1.51. The molecule has 0 aliphatic heterocycles. The van der Waals surface area contributed by atoms with Crippen molar-refractivity contribution in [2.45, 2.75) is 24.3 Å². The number of sulfonamides is 1. The summed E-state index contributed by atoms with van der Waals surface area (Å²) in [6.07, 6.45) is -0.319. The summed E-state index contributed by atoms with van der Waals surface area (Å²) in [6.45, 7) is 1.64. The quantitative estimate of drug-likeness (QED) is 0.584. The first-order chi connectivity index (χ1) is 8.36. The molecule has 0 aromatic heterocycles. The van der Waals surface area contributed by atoms with Crippen LogP contribution in [0.5, 0.6) is 0 Å². The molecule has 1 atom stereocenters. The summed E-state index contributed by atoms with van der Waals surface area (Å²) >= 11 is 0. The maximum atomic E-state index is 11.7. The second-order valence-corrected chi connectivity index (χ2v) is 5.43. The normalized spacial score (nSPS) is 13.2. The first-order valence-electron chi connectivity index (χ1n) is 5.29. The van der Waals surface area contributed by atoms with E-state index in [9.17, 15) is 23.6 Å². The highest BCUT2D eigenvalue weighted by molar-refractivity contribution is 7.89. The summed E-state index contributed by atoms with van der Waals surface area (Å²) in [6, 6.07) is 4.53. The lowest BCUT2D eigenvalue weighted by molar-refractivity contribution is -0.384. The second kappa shape index (κ2) is 5.89. The molecule has 0 aliphatic rings. The van der Waals surface area contributed by atoms with Gasteiger partial charge in [0.1, 0.15) is 0 Å². The molecule has 0 aliphatic carbocycles. The van der Waals surface area contributed by atoms with E-state index in [0.29, 0.717) is 6.42 Å². The van der Waals surface area contributed by atoms with Crippen molar-refractivity contribution in [3.8, 4) is 0 Å². The van der Waals surface area contributed by atoms with Gasteiger partial charge in [0.15, 0.2) is 0 Å². The van der Waals surface area contributed by atoms with Crippen LogP contribution in [0.3, 0.4) is 0 Å². The largest absolute Gasteiger partial charge is 0.392 e. The molecule has 0 heterocycles. The molecule has 0 spiro atoms. The monoisotopic (exact) mass is 274 g/mol. The van der Waals surface area contributed by atoms with E-state index in [2.05, 4.69) is 4.72 Å². The fraction of sp³-hybridized carbons (Fsp3) is 0.400. The Balaban J connectivity index is 2.82. The SMILES string of the molecule is CCC(O)CNS(=O)(=O)c1ccc([N+](=O)[O-])cc1. The van der Waals surface area contributed by atoms with Crippen molar-refractivity contribution >= 4 is 15.7 Å². The third-order valence-corrected chi connectivity index (χ3v) is 3.78. The Labute approximate surface area is 105 Å². The highest BCUT2D eigenvalue weighted by Gasteiger charge is 2.16. The topological polar surface area (TPSA) is 110 Å². The number of nitrogens with one attached hydrogen (secondary N) is 1. The van der Waals surface area contributed by atoms with Crippen molar-refractivity contribution in [3.63, 3.8) is 0 Å². The summed E-state index contributed by atoms with van der Waals surface area (Å²) in [7, 11) is -3.74. The third-order valence-electron chi connectivity index (χ3n) is 2.34. The number of non-ortho nitro benzene ring substituents is 1. The predicted octanol–water partition coefficient (Wildman–Crippen LogP) is 0.644. The Bertz CT molecular complexity index is 512. The molecular weight excluding hydrogens is 260 g/mol. The number of nitro groups is 1. The maximum absolute atomic E-state index is 11.7. The third kappa shape index (κ3) is 3.76. The predicted molar refractivity (Wildman–Crippen MR) is 64.6 cm³/mol. The number of rotatable bonds is 6. The van der Waals surface area contributed by atoms with Crippen LogP contribution in [0.15, 0.2) is 29.2 Å². The molecule has 1 aromatic carbocycles. The van der Waals surface area contributed by atoms with Crippen LogP contribution in [0.25, 0.3) is 0 Å². The van der Waals surface area contributed by atoms with E-state index in [1.54, 1.807) is 6.92 Å². The lowest BCUT2D eigenvalue weighted by Crippen LogP contribution is -2.31. The van der Waals surface area contributed by atoms with Crippen molar-refractivity contribution in [1.82, 2.24) is 4.72 Å². The molecule has 0 saturated heterocycles. The van der Waals surface area contributed by atoms with Gasteiger partial charge in [-0.05, 0) is 18.6 Å². The molecule has 0 fully saturated rings. The Morgan fingerprint density at radius 1 is 1.39 bits per heavy atom. The molecule has 1 aromatic rings. The van der Waals surface area contributed by atoms with Gasteiger partial charge in [-0.15, -0.1) is 0 Å². The lowest BCUT2D eigenvalue weighted by Gasteiger charge is -2.10. The summed E-state index contributed by atoms with van der Waals surface area (Å²) < 4.78 is 25.7. The number of aliphatic hydroxyl groups excluding tert-OH is 1. The molecule has 8 heteroatoms. The van der Waals surface area contributed by atoms with Gasteiger partial charge in [-0.2, -0.15) is 0 Å². The Morgan fingerprint density at radius 2 is 1.94 bits per heavy atom. The summed E-state index contributed by atoms with van der Waals surface area (Å²) in [4.78, 5) is 9.74. The minimum absolute atomic E-state index is 0.0728. The fourth-order valence-corrected chi connectivity index (χ4v) is 2.25. The first kappa shape index (κ1) is 14.6. The van der Waals surface area contributed by atoms with E-state index >= 15 is 0 Å². The average Bonchev–Trinajstić information content (AvgIpc) is 2.36. The van der Waals surface area contributed by atoms with Crippen LogP contribution in [-0.2, 0) is 10.0 Å². The van der Waals surface area contributed by atoms with Gasteiger partial charge in [0.05, 0.1) is 15.9 Å². The van der Waals surface area contributed by atoms with Crippen LogP contribution >= 0.6 is 0 Å². The molecular formula is C10H14N2O5S. The van der Waals surface area contributed by atoms with E-state index < -0.39 is 21.1 Å². The highest BCUT2D eigenvalue weighted by atomic mass is 32.2. The van der Waals surface area contributed by atoms with Crippen LogP contribution in [0.2, 0.25) is 0 Å². The van der Waals surface area contributed by atoms with Gasteiger partial charge < -0.3 is 5.11 Å². The van der Waals surface area contributed by atoms with E-state index in [4.69, 9.17) is 0 Å². The second-order valence-electron chi connectivity index (χ2n) is 3.66. The molecule has 100 valence electrons. The van der Waals surface area contributed by atoms with Crippen molar-refractivity contribution in [2.75, 3.05) is 6.54 Å². The van der Waals surface area contributed by atoms with Crippen molar-refractivity contribution in [1.29, 1.82) is 0 Å². The number of hydrogen-bond acceptors (Lipinski definition) is 5. The van der Waals surface area contributed by atoms with Crippen LogP contribution in [0.4, 0.5) is 5.69 Å². The number of nitro benzene ring substituents is 1. The van der Waals surface area contributed by atoms with Gasteiger partial charge in [0.2, 0.25) is 10.0 Å². The standard InChI is InChI=1S/C10H14N2O5S/c1-2-9(13)7-11-18(16,17)10-5-3-8(4-6-10)12(14)15/h3-6,9,11,13H,2,7H2,1H3. The molecule has 2 N–H and O–H groups in total. The van der Waals surface area contributed by atoms with Crippen molar-refractivity contribution < 1.29 is 18.4 Å². The summed E-state index contributed by atoms with van der Waals surface area (Å²) in [5.41, 5.74) is -0.178. The molecule has 0 amide bonds. The van der Waals surface area contributed by atoms with Gasteiger partial charge in [-0.1, -0.05) is 6.92 Å². The van der Waals surface area contributed by atoms with E-state index in [1.807, 2.05) is 0 Å². The van der Waals surface area contributed by atoms with E-state index in [-0.39, 0.29) is 17.1 Å². The van der Waals surface area contributed by atoms with E-state index in [0.717, 1.165) is 24.3 Å². The molecule has 1 rings (SSSR count). The zero-order valence-electron chi connectivity index (χ0n) is 9.74. The highest BCUT2D eigenvalue weighted by Crippen LogP contribution is 2.15. The number of benzene rings is 1. The molecule has 0 saturated carbocycles. The van der Waals surface area contributed by atoms with Gasteiger partial charge in [0, 0.05) is 18.7 Å². The fourth-order valence-electron chi connectivity index (χ4n) is 1.18.